The Bertz CT molecular complexity index is 233. The highest BCUT2D eigenvalue weighted by Gasteiger charge is 2.32. The van der Waals surface area contributed by atoms with Gasteiger partial charge in [-0.15, -0.1) is 0 Å². The number of rotatable bonds is 2. The molecule has 0 unspecified atom stereocenters. The van der Waals surface area contributed by atoms with Crippen LogP contribution in [0.3, 0.4) is 0 Å². The topological polar surface area (TPSA) is 0 Å². The van der Waals surface area contributed by atoms with E-state index in [1.165, 1.54) is 12.2 Å². The van der Waals surface area contributed by atoms with Crippen LogP contribution in [0, 0.1) is 0 Å². The second-order valence-corrected chi connectivity index (χ2v) is 3.25. The predicted octanol–water partition coefficient (Wildman–Crippen LogP) is 4.00. The third-order valence-electron chi connectivity index (χ3n) is 2.09. The van der Waals surface area contributed by atoms with Gasteiger partial charge in [0.1, 0.15) is 0 Å². The SMILES string of the molecule is CCCC1=CC(C(F)(F)F)=CCC1. The van der Waals surface area contributed by atoms with Crippen LogP contribution in [-0.2, 0) is 0 Å². The molecule has 0 nitrogen and oxygen atoms in total. The van der Waals surface area contributed by atoms with E-state index in [0.29, 0.717) is 6.42 Å². The fourth-order valence-electron chi connectivity index (χ4n) is 1.48. The van der Waals surface area contributed by atoms with E-state index in [0.717, 1.165) is 24.8 Å². The van der Waals surface area contributed by atoms with E-state index < -0.39 is 11.7 Å². The first-order valence-corrected chi connectivity index (χ1v) is 4.51. The summed E-state index contributed by atoms with van der Waals surface area (Å²) in [6.07, 6.45) is 1.42. The monoisotopic (exact) mass is 190 g/mol. The Morgan fingerprint density at radius 2 is 2.08 bits per heavy atom. The molecule has 0 N–H and O–H groups in total. The van der Waals surface area contributed by atoms with Crippen molar-refractivity contribution in [2.45, 2.75) is 38.8 Å². The van der Waals surface area contributed by atoms with Crippen molar-refractivity contribution in [2.75, 3.05) is 0 Å². The minimum atomic E-state index is -4.17. The van der Waals surface area contributed by atoms with Crippen molar-refractivity contribution >= 4 is 0 Å². The summed E-state index contributed by atoms with van der Waals surface area (Å²) in [6, 6.07) is 0. The van der Waals surface area contributed by atoms with Gasteiger partial charge >= 0.3 is 6.18 Å². The highest BCUT2D eigenvalue weighted by molar-refractivity contribution is 5.31. The molecule has 0 radical (unpaired) electrons. The molecule has 0 atom stereocenters. The molecule has 13 heavy (non-hydrogen) atoms. The Balaban J connectivity index is 2.73. The zero-order chi connectivity index (χ0) is 9.90. The summed E-state index contributed by atoms with van der Waals surface area (Å²) in [5.74, 6) is 0. The molecule has 1 aliphatic carbocycles. The number of hydrogen-bond donors (Lipinski definition) is 0. The molecule has 0 saturated heterocycles. The smallest absolute Gasteiger partial charge is 0.166 e. The third-order valence-corrected chi connectivity index (χ3v) is 2.09. The van der Waals surface area contributed by atoms with E-state index in [9.17, 15) is 13.2 Å². The molecule has 0 heterocycles. The Labute approximate surface area is 76.1 Å². The van der Waals surface area contributed by atoms with Gasteiger partial charge in [-0.05, 0) is 19.3 Å². The van der Waals surface area contributed by atoms with E-state index in [2.05, 4.69) is 0 Å². The van der Waals surface area contributed by atoms with Gasteiger partial charge in [0.2, 0.25) is 0 Å². The molecule has 0 aliphatic heterocycles. The number of halogens is 3. The Morgan fingerprint density at radius 1 is 1.38 bits per heavy atom. The van der Waals surface area contributed by atoms with Gasteiger partial charge in [0.15, 0.2) is 0 Å². The molecule has 0 aromatic rings. The van der Waals surface area contributed by atoms with E-state index in [-0.39, 0.29) is 0 Å². The van der Waals surface area contributed by atoms with Gasteiger partial charge in [0.25, 0.3) is 0 Å². The summed E-state index contributed by atoms with van der Waals surface area (Å²) in [6.45, 7) is 1.98. The molecule has 0 aromatic carbocycles. The van der Waals surface area contributed by atoms with Crippen molar-refractivity contribution in [1.29, 1.82) is 0 Å². The minimum absolute atomic E-state index is 0.470. The maximum atomic E-state index is 12.2. The summed E-state index contributed by atoms with van der Waals surface area (Å²) in [4.78, 5) is 0. The van der Waals surface area contributed by atoms with Crippen LogP contribution in [-0.4, -0.2) is 6.18 Å². The molecule has 74 valence electrons. The number of hydrogen-bond acceptors (Lipinski definition) is 0. The van der Waals surface area contributed by atoms with Crippen LogP contribution in [0.5, 0.6) is 0 Å². The minimum Gasteiger partial charge on any atom is -0.166 e. The predicted molar refractivity (Wildman–Crippen MR) is 46.4 cm³/mol. The fraction of sp³-hybridized carbons (Fsp3) is 0.600. The summed E-state index contributed by atoms with van der Waals surface area (Å²) < 4.78 is 36.7. The molecule has 0 aromatic heterocycles. The lowest BCUT2D eigenvalue weighted by molar-refractivity contribution is -0.0887. The van der Waals surface area contributed by atoms with Crippen LogP contribution in [0.4, 0.5) is 13.2 Å². The normalized spacial score (nSPS) is 18.2. The maximum Gasteiger partial charge on any atom is 0.416 e. The Kier molecular flexibility index (Phi) is 3.17. The quantitative estimate of drug-likeness (QED) is 0.617. The molecule has 1 aliphatic rings. The van der Waals surface area contributed by atoms with Gasteiger partial charge in [0, 0.05) is 0 Å². The lowest BCUT2D eigenvalue weighted by Crippen LogP contribution is -2.12. The second-order valence-electron chi connectivity index (χ2n) is 3.25. The van der Waals surface area contributed by atoms with Crippen LogP contribution >= 0.6 is 0 Å². The van der Waals surface area contributed by atoms with Crippen molar-refractivity contribution in [3.05, 3.63) is 23.3 Å². The standard InChI is InChI=1S/C10H13F3/c1-2-4-8-5-3-6-9(7-8)10(11,12)13/h6-7H,2-5H2,1H3. The van der Waals surface area contributed by atoms with Crippen LogP contribution < -0.4 is 0 Å². The molecule has 0 saturated carbocycles. The average molecular weight is 190 g/mol. The summed E-state index contributed by atoms with van der Waals surface area (Å²) in [5.41, 5.74) is 0.458. The van der Waals surface area contributed by atoms with Crippen molar-refractivity contribution in [1.82, 2.24) is 0 Å². The summed E-state index contributed by atoms with van der Waals surface area (Å²) >= 11 is 0. The van der Waals surface area contributed by atoms with Crippen LogP contribution in [0.25, 0.3) is 0 Å². The van der Waals surface area contributed by atoms with E-state index in [1.807, 2.05) is 6.92 Å². The molecule has 0 bridgehead atoms. The van der Waals surface area contributed by atoms with Crippen molar-refractivity contribution in [2.24, 2.45) is 0 Å². The number of alkyl halides is 3. The molecule has 3 heteroatoms. The van der Waals surface area contributed by atoms with Crippen molar-refractivity contribution in [3.63, 3.8) is 0 Å². The van der Waals surface area contributed by atoms with Gasteiger partial charge in [-0.3, -0.25) is 0 Å². The van der Waals surface area contributed by atoms with E-state index >= 15 is 0 Å². The highest BCUT2D eigenvalue weighted by atomic mass is 19.4. The van der Waals surface area contributed by atoms with Gasteiger partial charge in [-0.2, -0.15) is 13.2 Å². The fourth-order valence-corrected chi connectivity index (χ4v) is 1.48. The first-order chi connectivity index (χ1) is 6.04. The van der Waals surface area contributed by atoms with Gasteiger partial charge < -0.3 is 0 Å². The molecule has 1 rings (SSSR count). The Hall–Kier alpha value is -0.730. The summed E-state index contributed by atoms with van der Waals surface area (Å²) in [5, 5.41) is 0. The lowest BCUT2D eigenvalue weighted by Gasteiger charge is -2.15. The van der Waals surface area contributed by atoms with Gasteiger partial charge in [0.05, 0.1) is 5.57 Å². The largest absolute Gasteiger partial charge is 0.416 e. The molecular weight excluding hydrogens is 177 g/mol. The van der Waals surface area contributed by atoms with Gasteiger partial charge in [-0.25, -0.2) is 0 Å². The Morgan fingerprint density at radius 3 is 2.62 bits per heavy atom. The average Bonchev–Trinajstić information content (AvgIpc) is 2.04. The highest BCUT2D eigenvalue weighted by Crippen LogP contribution is 2.32. The van der Waals surface area contributed by atoms with Crippen LogP contribution in [0.15, 0.2) is 23.3 Å². The summed E-state index contributed by atoms with van der Waals surface area (Å²) in [7, 11) is 0. The van der Waals surface area contributed by atoms with E-state index in [4.69, 9.17) is 0 Å². The van der Waals surface area contributed by atoms with Crippen molar-refractivity contribution < 1.29 is 13.2 Å². The first kappa shape index (κ1) is 10.4. The lowest BCUT2D eigenvalue weighted by atomic mass is 9.96. The zero-order valence-electron chi connectivity index (χ0n) is 7.62. The van der Waals surface area contributed by atoms with Gasteiger partial charge in [-0.1, -0.05) is 31.1 Å². The number of allylic oxidation sites excluding steroid dienone is 4. The van der Waals surface area contributed by atoms with Crippen LogP contribution in [0.2, 0.25) is 0 Å². The molecule has 0 amide bonds. The van der Waals surface area contributed by atoms with Crippen LogP contribution in [0.1, 0.15) is 32.6 Å². The maximum absolute atomic E-state index is 12.2. The molecule has 0 fully saturated rings. The third kappa shape index (κ3) is 2.90. The zero-order valence-corrected chi connectivity index (χ0v) is 7.62. The molecular formula is C10H13F3. The first-order valence-electron chi connectivity index (χ1n) is 4.51. The van der Waals surface area contributed by atoms with Crippen molar-refractivity contribution in [3.8, 4) is 0 Å². The second kappa shape index (κ2) is 3.99. The molecule has 0 spiro atoms. The van der Waals surface area contributed by atoms with E-state index in [1.54, 1.807) is 0 Å².